The van der Waals surface area contributed by atoms with E-state index in [0.29, 0.717) is 0 Å². The zero-order valence-corrected chi connectivity index (χ0v) is 11.8. The van der Waals surface area contributed by atoms with Crippen molar-refractivity contribution in [3.05, 3.63) is 24.0 Å². The minimum atomic E-state index is -0.0177. The maximum Gasteiger partial charge on any atom is 0.110 e. The highest BCUT2D eigenvalue weighted by atomic mass is 16.5. The first kappa shape index (κ1) is 12.5. The maximum atomic E-state index is 5.86. The van der Waals surface area contributed by atoms with Crippen LogP contribution in [-0.2, 0) is 16.7 Å². The summed E-state index contributed by atoms with van der Waals surface area (Å²) >= 11 is 0. The molecule has 0 radical (unpaired) electrons. The van der Waals surface area contributed by atoms with Crippen LogP contribution in [0.2, 0.25) is 0 Å². The van der Waals surface area contributed by atoms with Crippen molar-refractivity contribution < 1.29 is 4.74 Å². The second-order valence-corrected chi connectivity index (χ2v) is 5.59. The van der Waals surface area contributed by atoms with E-state index in [4.69, 9.17) is 15.5 Å². The number of nitrogen functional groups attached to an aromatic ring is 1. The van der Waals surface area contributed by atoms with Gasteiger partial charge in [0, 0.05) is 18.7 Å². The average molecular weight is 259 g/mol. The summed E-state index contributed by atoms with van der Waals surface area (Å²) in [5.74, 6) is 1.11. The van der Waals surface area contributed by atoms with E-state index >= 15 is 0 Å². The van der Waals surface area contributed by atoms with E-state index in [9.17, 15) is 0 Å². The van der Waals surface area contributed by atoms with E-state index in [1.54, 1.807) is 0 Å². The van der Waals surface area contributed by atoms with Gasteiger partial charge in [0.05, 0.1) is 22.7 Å². The number of aryl methyl sites for hydroxylation is 1. The fraction of sp³-hybridized carbons (Fsp3) is 0.533. The van der Waals surface area contributed by atoms with Crippen LogP contribution in [0, 0.1) is 0 Å². The maximum absolute atomic E-state index is 5.86. The van der Waals surface area contributed by atoms with Gasteiger partial charge in [-0.15, -0.1) is 0 Å². The van der Waals surface area contributed by atoms with Gasteiger partial charge in [0.25, 0.3) is 0 Å². The van der Waals surface area contributed by atoms with Gasteiger partial charge in [0.1, 0.15) is 5.82 Å². The van der Waals surface area contributed by atoms with Gasteiger partial charge < -0.3 is 15.0 Å². The van der Waals surface area contributed by atoms with Crippen molar-refractivity contribution in [2.24, 2.45) is 0 Å². The first-order valence-corrected chi connectivity index (χ1v) is 6.95. The molecule has 1 aromatic carbocycles. The summed E-state index contributed by atoms with van der Waals surface area (Å²) in [7, 11) is 0. The fourth-order valence-electron chi connectivity index (χ4n) is 3.07. The predicted octanol–water partition coefficient (Wildman–Crippen LogP) is 2.70. The Morgan fingerprint density at radius 1 is 1.53 bits per heavy atom. The zero-order valence-electron chi connectivity index (χ0n) is 11.8. The van der Waals surface area contributed by atoms with Gasteiger partial charge in [-0.2, -0.15) is 0 Å². The van der Waals surface area contributed by atoms with Crippen LogP contribution in [0.5, 0.6) is 0 Å². The highest BCUT2D eigenvalue weighted by Gasteiger charge is 2.40. The summed E-state index contributed by atoms with van der Waals surface area (Å²) in [6, 6.07) is 5.98. The number of fused-ring (bicyclic) bond motifs is 1. The van der Waals surface area contributed by atoms with Crippen LogP contribution in [0.25, 0.3) is 11.0 Å². The Kier molecular flexibility index (Phi) is 2.78. The number of nitrogens with two attached hydrogens (primary N) is 1. The molecule has 19 heavy (non-hydrogen) atoms. The van der Waals surface area contributed by atoms with Crippen molar-refractivity contribution in [3.63, 3.8) is 0 Å². The molecule has 0 aliphatic carbocycles. The van der Waals surface area contributed by atoms with Crippen molar-refractivity contribution in [2.45, 2.75) is 45.3 Å². The van der Waals surface area contributed by atoms with E-state index in [2.05, 4.69) is 31.4 Å². The fourth-order valence-corrected chi connectivity index (χ4v) is 3.07. The van der Waals surface area contributed by atoms with Crippen LogP contribution >= 0.6 is 0 Å². The predicted molar refractivity (Wildman–Crippen MR) is 77.2 cm³/mol. The standard InChI is InChI=1S/C15H21N3O/c1-4-14-17-12-9-11(16)5-6-13(12)18(14)15(3)7-8-19-10(15)2/h5-6,9-10H,4,7-8,16H2,1-3H3. The first-order chi connectivity index (χ1) is 9.06. The molecule has 2 unspecified atom stereocenters. The molecule has 0 amide bonds. The highest BCUT2D eigenvalue weighted by molar-refractivity contribution is 5.80. The summed E-state index contributed by atoms with van der Waals surface area (Å²) in [4.78, 5) is 4.74. The van der Waals surface area contributed by atoms with Crippen LogP contribution in [0.1, 0.15) is 33.0 Å². The number of hydrogen-bond acceptors (Lipinski definition) is 3. The van der Waals surface area contributed by atoms with Crippen LogP contribution in [0.15, 0.2) is 18.2 Å². The molecule has 4 nitrogen and oxygen atoms in total. The third kappa shape index (κ3) is 1.74. The lowest BCUT2D eigenvalue weighted by atomic mass is 9.93. The molecule has 1 aliphatic heterocycles. The minimum Gasteiger partial charge on any atom is -0.399 e. The molecule has 2 aromatic rings. The molecule has 2 heterocycles. The average Bonchev–Trinajstić information content (AvgIpc) is 2.91. The molecule has 0 spiro atoms. The van der Waals surface area contributed by atoms with Gasteiger partial charge in [-0.1, -0.05) is 6.92 Å². The van der Waals surface area contributed by atoms with Crippen molar-refractivity contribution in [1.82, 2.24) is 9.55 Å². The molecule has 1 aliphatic rings. The lowest BCUT2D eigenvalue weighted by molar-refractivity contribution is 0.0764. The summed E-state index contributed by atoms with van der Waals surface area (Å²) < 4.78 is 8.15. The number of anilines is 1. The van der Waals surface area contributed by atoms with Crippen LogP contribution < -0.4 is 5.73 Å². The monoisotopic (exact) mass is 259 g/mol. The largest absolute Gasteiger partial charge is 0.399 e. The molecule has 102 valence electrons. The number of ether oxygens (including phenoxy) is 1. The van der Waals surface area contributed by atoms with E-state index < -0.39 is 0 Å². The Hall–Kier alpha value is -1.55. The molecule has 2 N–H and O–H groups in total. The lowest BCUT2D eigenvalue weighted by Crippen LogP contribution is -2.37. The molecule has 4 heteroatoms. The summed E-state index contributed by atoms with van der Waals surface area (Å²) in [5.41, 5.74) is 8.75. The van der Waals surface area contributed by atoms with Gasteiger partial charge in [-0.05, 0) is 38.5 Å². The smallest absolute Gasteiger partial charge is 0.110 e. The number of aromatic nitrogens is 2. The summed E-state index contributed by atoms with van der Waals surface area (Å²) in [6.45, 7) is 7.37. The number of rotatable bonds is 2. The minimum absolute atomic E-state index is 0.0177. The third-order valence-electron chi connectivity index (χ3n) is 4.43. The van der Waals surface area contributed by atoms with Gasteiger partial charge in [-0.25, -0.2) is 4.98 Å². The third-order valence-corrected chi connectivity index (χ3v) is 4.43. The molecule has 1 fully saturated rings. The normalized spacial score (nSPS) is 27.2. The molecule has 0 saturated carbocycles. The van der Waals surface area contributed by atoms with Crippen LogP contribution in [0.4, 0.5) is 5.69 Å². The van der Waals surface area contributed by atoms with Crippen LogP contribution in [-0.4, -0.2) is 22.3 Å². The van der Waals surface area contributed by atoms with E-state index in [1.165, 1.54) is 0 Å². The molecule has 3 rings (SSSR count). The summed E-state index contributed by atoms with van der Waals surface area (Å²) in [6.07, 6.45) is 2.14. The number of imidazole rings is 1. The van der Waals surface area contributed by atoms with Gasteiger partial charge >= 0.3 is 0 Å². The SMILES string of the molecule is CCc1nc2cc(N)ccc2n1C1(C)CCOC1C. The van der Waals surface area contributed by atoms with Gasteiger partial charge in [-0.3, -0.25) is 0 Å². The number of hydrogen-bond donors (Lipinski definition) is 1. The highest BCUT2D eigenvalue weighted by Crippen LogP contribution is 2.37. The van der Waals surface area contributed by atoms with E-state index in [0.717, 1.165) is 42.0 Å². The van der Waals surface area contributed by atoms with Crippen molar-refractivity contribution >= 4 is 16.7 Å². The molecule has 1 saturated heterocycles. The topological polar surface area (TPSA) is 53.1 Å². The van der Waals surface area contributed by atoms with Gasteiger partial charge in [0.2, 0.25) is 0 Å². The van der Waals surface area contributed by atoms with Crippen molar-refractivity contribution in [2.75, 3.05) is 12.3 Å². The quantitative estimate of drug-likeness (QED) is 0.844. The second-order valence-electron chi connectivity index (χ2n) is 5.59. The zero-order chi connectivity index (χ0) is 13.6. The van der Waals surface area contributed by atoms with Crippen LogP contribution in [0.3, 0.4) is 0 Å². The Morgan fingerprint density at radius 3 is 2.95 bits per heavy atom. The first-order valence-electron chi connectivity index (χ1n) is 6.95. The number of benzene rings is 1. The summed E-state index contributed by atoms with van der Waals surface area (Å²) in [5, 5.41) is 0. The lowest BCUT2D eigenvalue weighted by Gasteiger charge is -2.31. The number of nitrogens with zero attached hydrogens (tertiary/aromatic N) is 2. The Balaban J connectivity index is 2.27. The van der Waals surface area contributed by atoms with Gasteiger partial charge in [0.15, 0.2) is 0 Å². The molecule has 1 aromatic heterocycles. The Bertz CT molecular complexity index is 619. The molecule has 0 bridgehead atoms. The van der Waals surface area contributed by atoms with Crippen molar-refractivity contribution in [3.8, 4) is 0 Å². The Morgan fingerprint density at radius 2 is 2.32 bits per heavy atom. The van der Waals surface area contributed by atoms with E-state index in [-0.39, 0.29) is 11.6 Å². The van der Waals surface area contributed by atoms with Crippen molar-refractivity contribution in [1.29, 1.82) is 0 Å². The second kappa shape index (κ2) is 4.23. The Labute approximate surface area is 113 Å². The molecular formula is C15H21N3O. The van der Waals surface area contributed by atoms with E-state index in [1.807, 2.05) is 12.1 Å². The molecular weight excluding hydrogens is 238 g/mol. The molecule has 2 atom stereocenters.